The summed E-state index contributed by atoms with van der Waals surface area (Å²) in [7, 11) is 0. The third kappa shape index (κ3) is 2.61. The smallest absolute Gasteiger partial charge is 0.242 e. The molecule has 0 unspecified atom stereocenters. The molecule has 1 aliphatic heterocycles. The van der Waals surface area contributed by atoms with Gasteiger partial charge in [-0.25, -0.2) is 4.98 Å². The van der Waals surface area contributed by atoms with Gasteiger partial charge in [-0.3, -0.25) is 9.59 Å². The molecule has 0 radical (unpaired) electrons. The number of nitrogens with zero attached hydrogens (tertiary/aromatic N) is 3. The Labute approximate surface area is 110 Å². The van der Waals surface area contributed by atoms with E-state index in [1.165, 1.54) is 4.90 Å². The zero-order chi connectivity index (χ0) is 13.1. The Bertz CT molecular complexity index is 478. The number of hydrogen-bond donors (Lipinski definition) is 0. The van der Waals surface area contributed by atoms with Crippen molar-refractivity contribution in [3.63, 3.8) is 0 Å². The van der Waals surface area contributed by atoms with Gasteiger partial charge in [0.1, 0.15) is 11.7 Å². The molecule has 1 aliphatic rings. The van der Waals surface area contributed by atoms with Crippen molar-refractivity contribution in [3.05, 3.63) is 29.0 Å². The van der Waals surface area contributed by atoms with Crippen LogP contribution >= 0.6 is 11.6 Å². The van der Waals surface area contributed by atoms with Crippen LogP contribution in [0.2, 0.25) is 5.15 Å². The number of likely N-dealkylation sites (N-methyl/N-ethyl adjacent to an activating group) is 1. The van der Waals surface area contributed by atoms with Crippen LogP contribution in [0.15, 0.2) is 18.3 Å². The van der Waals surface area contributed by atoms with Crippen molar-refractivity contribution in [2.24, 2.45) is 0 Å². The molecule has 0 bridgehead atoms. The highest BCUT2D eigenvalue weighted by molar-refractivity contribution is 6.30. The molecule has 2 heterocycles. The van der Waals surface area contributed by atoms with Crippen LogP contribution in [0.25, 0.3) is 0 Å². The predicted octanol–water partition coefficient (Wildman–Crippen LogP) is 0.926. The third-order valence-electron chi connectivity index (χ3n) is 2.94. The van der Waals surface area contributed by atoms with E-state index in [9.17, 15) is 9.59 Å². The molecule has 2 rings (SSSR count). The number of hydrogen-bond acceptors (Lipinski definition) is 3. The van der Waals surface area contributed by atoms with Gasteiger partial charge in [0.05, 0.1) is 6.54 Å². The van der Waals surface area contributed by atoms with Gasteiger partial charge in [0.15, 0.2) is 0 Å². The van der Waals surface area contributed by atoms with Crippen LogP contribution in [0.4, 0.5) is 0 Å². The minimum absolute atomic E-state index is 0.0305. The average molecular weight is 268 g/mol. The molecule has 0 atom stereocenters. The maximum absolute atomic E-state index is 11.9. The Morgan fingerprint density at radius 3 is 2.61 bits per heavy atom. The zero-order valence-electron chi connectivity index (χ0n) is 10.1. The molecule has 1 aromatic rings. The lowest BCUT2D eigenvalue weighted by Gasteiger charge is -2.33. The van der Waals surface area contributed by atoms with Crippen LogP contribution in [0, 0.1) is 0 Å². The minimum Gasteiger partial charge on any atom is -0.332 e. The fourth-order valence-electron chi connectivity index (χ4n) is 1.88. The van der Waals surface area contributed by atoms with E-state index in [4.69, 9.17) is 11.6 Å². The molecular formula is C12H14ClN3O2. The molecule has 5 nitrogen and oxygen atoms in total. The van der Waals surface area contributed by atoms with Crippen LogP contribution in [0.1, 0.15) is 12.5 Å². The molecule has 0 saturated carbocycles. The molecule has 1 saturated heterocycles. The summed E-state index contributed by atoms with van der Waals surface area (Å²) in [4.78, 5) is 30.6. The fraction of sp³-hybridized carbons (Fsp3) is 0.417. The Morgan fingerprint density at radius 1 is 1.28 bits per heavy atom. The highest BCUT2D eigenvalue weighted by Crippen LogP contribution is 2.16. The van der Waals surface area contributed by atoms with E-state index in [1.54, 1.807) is 23.2 Å². The molecule has 96 valence electrons. The summed E-state index contributed by atoms with van der Waals surface area (Å²) in [6.45, 7) is 3.00. The first-order valence-electron chi connectivity index (χ1n) is 5.76. The third-order valence-corrected chi connectivity index (χ3v) is 3.28. The van der Waals surface area contributed by atoms with E-state index in [0.717, 1.165) is 5.56 Å². The normalized spacial score (nSPS) is 16.3. The number of rotatable bonds is 3. The number of amides is 2. The van der Waals surface area contributed by atoms with Gasteiger partial charge in [0, 0.05) is 24.8 Å². The largest absolute Gasteiger partial charge is 0.332 e. The predicted molar refractivity (Wildman–Crippen MR) is 66.9 cm³/mol. The Hall–Kier alpha value is -1.62. The van der Waals surface area contributed by atoms with Crippen molar-refractivity contribution in [3.8, 4) is 0 Å². The number of pyridine rings is 1. The molecule has 0 N–H and O–H groups in total. The Balaban J connectivity index is 2.09. The van der Waals surface area contributed by atoms with Crippen LogP contribution in [-0.2, 0) is 16.1 Å². The standard InChI is InChI=1S/C12H14ClN3O2/c1-2-15-7-11(18)16(8-10(15)17)6-9-4-3-5-14-12(9)13/h3-5H,2,6-8H2,1H3. The van der Waals surface area contributed by atoms with Crippen molar-refractivity contribution >= 4 is 23.4 Å². The molecule has 18 heavy (non-hydrogen) atoms. The lowest BCUT2D eigenvalue weighted by atomic mass is 10.2. The second-order valence-electron chi connectivity index (χ2n) is 4.11. The number of aromatic nitrogens is 1. The Kier molecular flexibility index (Phi) is 3.81. The van der Waals surface area contributed by atoms with Gasteiger partial charge < -0.3 is 9.80 Å². The Morgan fingerprint density at radius 2 is 1.94 bits per heavy atom. The molecule has 0 spiro atoms. The van der Waals surface area contributed by atoms with Crippen molar-refractivity contribution in [2.45, 2.75) is 13.5 Å². The van der Waals surface area contributed by atoms with Crippen LogP contribution in [0.5, 0.6) is 0 Å². The second-order valence-corrected chi connectivity index (χ2v) is 4.47. The van der Waals surface area contributed by atoms with E-state index < -0.39 is 0 Å². The van der Waals surface area contributed by atoms with E-state index in [0.29, 0.717) is 18.2 Å². The SMILES string of the molecule is CCN1CC(=O)N(Cc2cccnc2Cl)CC1=O. The summed E-state index contributed by atoms with van der Waals surface area (Å²) in [5, 5.41) is 0.371. The molecule has 2 amide bonds. The quantitative estimate of drug-likeness (QED) is 0.766. The first-order chi connectivity index (χ1) is 8.61. The van der Waals surface area contributed by atoms with Crippen molar-refractivity contribution < 1.29 is 9.59 Å². The lowest BCUT2D eigenvalue weighted by molar-refractivity contribution is -0.150. The fourth-order valence-corrected chi connectivity index (χ4v) is 2.06. The van der Waals surface area contributed by atoms with E-state index in [2.05, 4.69) is 4.98 Å². The molecule has 6 heteroatoms. The minimum atomic E-state index is -0.0589. The number of halogens is 1. The summed E-state index contributed by atoms with van der Waals surface area (Å²) in [6.07, 6.45) is 1.59. The van der Waals surface area contributed by atoms with Gasteiger partial charge in [0.25, 0.3) is 0 Å². The first-order valence-corrected chi connectivity index (χ1v) is 6.14. The summed E-state index contributed by atoms with van der Waals surface area (Å²) in [5.41, 5.74) is 0.755. The molecular weight excluding hydrogens is 254 g/mol. The van der Waals surface area contributed by atoms with Crippen molar-refractivity contribution in [2.75, 3.05) is 19.6 Å². The number of piperazine rings is 1. The molecule has 1 aromatic heterocycles. The van der Waals surface area contributed by atoms with Crippen LogP contribution < -0.4 is 0 Å². The van der Waals surface area contributed by atoms with Gasteiger partial charge in [-0.15, -0.1) is 0 Å². The highest BCUT2D eigenvalue weighted by Gasteiger charge is 2.29. The number of carbonyl (C=O) groups excluding carboxylic acids is 2. The molecule has 0 aromatic carbocycles. The zero-order valence-corrected chi connectivity index (χ0v) is 10.9. The first kappa shape index (κ1) is 12.8. The van der Waals surface area contributed by atoms with Crippen LogP contribution in [-0.4, -0.2) is 46.2 Å². The average Bonchev–Trinajstić information content (AvgIpc) is 2.36. The van der Waals surface area contributed by atoms with Gasteiger partial charge in [-0.2, -0.15) is 0 Å². The molecule has 1 fully saturated rings. The summed E-state index contributed by atoms with van der Waals surface area (Å²) in [6, 6.07) is 3.56. The summed E-state index contributed by atoms with van der Waals surface area (Å²) >= 11 is 5.94. The van der Waals surface area contributed by atoms with Gasteiger partial charge in [-0.1, -0.05) is 17.7 Å². The highest BCUT2D eigenvalue weighted by atomic mass is 35.5. The summed E-state index contributed by atoms with van der Waals surface area (Å²) in [5.74, 6) is -0.0894. The topological polar surface area (TPSA) is 53.5 Å². The van der Waals surface area contributed by atoms with Crippen molar-refractivity contribution in [1.29, 1.82) is 0 Å². The van der Waals surface area contributed by atoms with Crippen LogP contribution in [0.3, 0.4) is 0 Å². The summed E-state index contributed by atoms with van der Waals surface area (Å²) < 4.78 is 0. The number of carbonyl (C=O) groups is 2. The van der Waals surface area contributed by atoms with E-state index in [1.807, 2.05) is 6.92 Å². The second kappa shape index (κ2) is 5.35. The van der Waals surface area contributed by atoms with Gasteiger partial charge in [-0.05, 0) is 13.0 Å². The van der Waals surface area contributed by atoms with E-state index in [-0.39, 0.29) is 24.9 Å². The lowest BCUT2D eigenvalue weighted by Crippen LogP contribution is -2.53. The van der Waals surface area contributed by atoms with E-state index >= 15 is 0 Å². The maximum atomic E-state index is 11.9. The molecule has 0 aliphatic carbocycles. The van der Waals surface area contributed by atoms with Crippen molar-refractivity contribution in [1.82, 2.24) is 14.8 Å². The van der Waals surface area contributed by atoms with Gasteiger partial charge >= 0.3 is 0 Å². The van der Waals surface area contributed by atoms with Gasteiger partial charge in [0.2, 0.25) is 11.8 Å². The monoisotopic (exact) mass is 267 g/mol. The maximum Gasteiger partial charge on any atom is 0.242 e.